The van der Waals surface area contributed by atoms with Gasteiger partial charge in [0.2, 0.25) is 0 Å². The minimum atomic E-state index is 0.157. The second-order valence-corrected chi connectivity index (χ2v) is 7.85. The van der Waals surface area contributed by atoms with E-state index < -0.39 is 0 Å². The first-order valence-corrected chi connectivity index (χ1v) is 10.3. The van der Waals surface area contributed by atoms with Gasteiger partial charge in [-0.05, 0) is 62.1 Å². The molecule has 0 saturated carbocycles. The second kappa shape index (κ2) is 8.55. The molecule has 2 aromatic rings. The number of anilines is 1. The van der Waals surface area contributed by atoms with Crippen molar-refractivity contribution in [3.8, 4) is 0 Å². The second-order valence-electron chi connectivity index (χ2n) is 7.85. The van der Waals surface area contributed by atoms with Gasteiger partial charge in [-0.1, -0.05) is 30.3 Å². The summed E-state index contributed by atoms with van der Waals surface area (Å²) in [5, 5.41) is 0. The molecule has 4 heteroatoms. The molecule has 142 valence electrons. The fourth-order valence-electron chi connectivity index (χ4n) is 4.38. The number of likely N-dealkylation sites (tertiary alicyclic amines) is 1. The minimum absolute atomic E-state index is 0.157. The Morgan fingerprint density at radius 1 is 0.926 bits per heavy atom. The van der Waals surface area contributed by atoms with Crippen LogP contribution < -0.4 is 4.90 Å². The molecule has 3 heterocycles. The standard InChI is InChI=1S/C23H29N3O/c27-23(26-14-5-2-6-15-26)21-10-7-13-24-22(21)25-16-11-20(12-17-25)18-19-8-3-1-4-9-19/h1,3-4,7-10,13,20H,2,5-6,11-12,14-18H2. The molecule has 2 aliphatic heterocycles. The van der Waals surface area contributed by atoms with Crippen molar-refractivity contribution in [1.82, 2.24) is 9.88 Å². The Balaban J connectivity index is 1.42. The smallest absolute Gasteiger partial charge is 0.257 e. The molecule has 1 aromatic carbocycles. The number of amides is 1. The molecule has 27 heavy (non-hydrogen) atoms. The number of carbonyl (C=O) groups excluding carboxylic acids is 1. The summed E-state index contributed by atoms with van der Waals surface area (Å²) in [5.74, 6) is 1.75. The molecule has 2 saturated heterocycles. The van der Waals surface area contributed by atoms with Crippen molar-refractivity contribution in [2.24, 2.45) is 5.92 Å². The van der Waals surface area contributed by atoms with Crippen molar-refractivity contribution in [2.45, 2.75) is 38.5 Å². The van der Waals surface area contributed by atoms with Gasteiger partial charge in [0.25, 0.3) is 5.91 Å². The van der Waals surface area contributed by atoms with E-state index in [9.17, 15) is 4.79 Å². The van der Waals surface area contributed by atoms with Crippen molar-refractivity contribution >= 4 is 11.7 Å². The molecule has 0 atom stereocenters. The van der Waals surface area contributed by atoms with E-state index in [4.69, 9.17) is 0 Å². The van der Waals surface area contributed by atoms with Crippen molar-refractivity contribution in [3.63, 3.8) is 0 Å². The summed E-state index contributed by atoms with van der Waals surface area (Å²) in [6, 6.07) is 14.6. The number of hydrogen-bond donors (Lipinski definition) is 0. The van der Waals surface area contributed by atoms with Crippen molar-refractivity contribution < 1.29 is 4.79 Å². The van der Waals surface area contributed by atoms with Crippen LogP contribution in [-0.2, 0) is 6.42 Å². The number of piperidine rings is 2. The van der Waals surface area contributed by atoms with Crippen molar-refractivity contribution in [1.29, 1.82) is 0 Å². The first-order valence-electron chi connectivity index (χ1n) is 10.3. The number of benzene rings is 1. The Morgan fingerprint density at radius 2 is 1.67 bits per heavy atom. The van der Waals surface area contributed by atoms with E-state index in [1.165, 1.54) is 12.0 Å². The molecule has 0 radical (unpaired) electrons. The van der Waals surface area contributed by atoms with Gasteiger partial charge in [0.05, 0.1) is 5.56 Å². The lowest BCUT2D eigenvalue weighted by atomic mass is 9.90. The summed E-state index contributed by atoms with van der Waals surface area (Å²) in [4.78, 5) is 22.0. The van der Waals surface area contributed by atoms with Crippen LogP contribution in [0.4, 0.5) is 5.82 Å². The maximum atomic E-state index is 13.0. The SMILES string of the molecule is O=C(c1cccnc1N1CCC(Cc2ccccc2)CC1)N1CCCCC1. The molecule has 2 aliphatic rings. The van der Waals surface area contributed by atoms with Crippen LogP contribution in [0.3, 0.4) is 0 Å². The van der Waals surface area contributed by atoms with Crippen LogP contribution in [0.15, 0.2) is 48.7 Å². The molecule has 0 spiro atoms. The zero-order chi connectivity index (χ0) is 18.5. The molecule has 1 amide bonds. The van der Waals surface area contributed by atoms with Gasteiger partial charge in [0.15, 0.2) is 0 Å². The Hall–Kier alpha value is -2.36. The highest BCUT2D eigenvalue weighted by molar-refractivity contribution is 5.99. The van der Waals surface area contributed by atoms with Crippen LogP contribution in [0.2, 0.25) is 0 Å². The van der Waals surface area contributed by atoms with Gasteiger partial charge in [-0.2, -0.15) is 0 Å². The van der Waals surface area contributed by atoms with E-state index in [-0.39, 0.29) is 5.91 Å². The van der Waals surface area contributed by atoms with Crippen molar-refractivity contribution in [3.05, 3.63) is 59.8 Å². The first kappa shape index (κ1) is 18.0. The quantitative estimate of drug-likeness (QED) is 0.818. The topological polar surface area (TPSA) is 36.4 Å². The van der Waals surface area contributed by atoms with Crippen LogP contribution in [0.25, 0.3) is 0 Å². The van der Waals surface area contributed by atoms with E-state index >= 15 is 0 Å². The number of nitrogens with zero attached hydrogens (tertiary/aromatic N) is 3. The normalized spacial score (nSPS) is 18.5. The summed E-state index contributed by atoms with van der Waals surface area (Å²) in [6.45, 7) is 3.72. The predicted octanol–water partition coefficient (Wildman–Crippen LogP) is 4.17. The van der Waals surface area contributed by atoms with Crippen LogP contribution in [0.1, 0.15) is 48.0 Å². The predicted molar refractivity (Wildman–Crippen MR) is 109 cm³/mol. The zero-order valence-corrected chi connectivity index (χ0v) is 16.0. The molecule has 1 aromatic heterocycles. The third-order valence-electron chi connectivity index (χ3n) is 5.94. The molecule has 0 aliphatic carbocycles. The summed E-state index contributed by atoms with van der Waals surface area (Å²) in [5.41, 5.74) is 2.20. The highest BCUT2D eigenvalue weighted by Crippen LogP contribution is 2.27. The number of carbonyl (C=O) groups is 1. The van der Waals surface area contributed by atoms with E-state index in [2.05, 4.69) is 40.2 Å². The zero-order valence-electron chi connectivity index (χ0n) is 16.0. The van der Waals surface area contributed by atoms with Gasteiger partial charge in [-0.25, -0.2) is 4.98 Å². The highest BCUT2D eigenvalue weighted by atomic mass is 16.2. The number of rotatable bonds is 4. The van der Waals surface area contributed by atoms with Crippen LogP contribution in [0, 0.1) is 5.92 Å². The molecular formula is C23H29N3O. The van der Waals surface area contributed by atoms with E-state index in [0.29, 0.717) is 5.92 Å². The van der Waals surface area contributed by atoms with Crippen LogP contribution >= 0.6 is 0 Å². The minimum Gasteiger partial charge on any atom is -0.356 e. The molecule has 0 N–H and O–H groups in total. The lowest BCUT2D eigenvalue weighted by Crippen LogP contribution is -2.39. The van der Waals surface area contributed by atoms with E-state index in [1.807, 2.05) is 23.2 Å². The van der Waals surface area contributed by atoms with E-state index in [0.717, 1.165) is 69.7 Å². The third kappa shape index (κ3) is 4.32. The van der Waals surface area contributed by atoms with E-state index in [1.54, 1.807) is 0 Å². The van der Waals surface area contributed by atoms with Gasteiger partial charge in [-0.3, -0.25) is 4.79 Å². The largest absolute Gasteiger partial charge is 0.356 e. The Bertz CT molecular complexity index is 747. The lowest BCUT2D eigenvalue weighted by molar-refractivity contribution is 0.0724. The average molecular weight is 364 g/mol. The molecular weight excluding hydrogens is 334 g/mol. The van der Waals surface area contributed by atoms with Gasteiger partial charge in [0, 0.05) is 32.4 Å². The van der Waals surface area contributed by atoms with Gasteiger partial charge in [-0.15, -0.1) is 0 Å². The number of pyridine rings is 1. The maximum absolute atomic E-state index is 13.0. The summed E-state index contributed by atoms with van der Waals surface area (Å²) >= 11 is 0. The maximum Gasteiger partial charge on any atom is 0.257 e. The summed E-state index contributed by atoms with van der Waals surface area (Å²) < 4.78 is 0. The Morgan fingerprint density at radius 3 is 2.41 bits per heavy atom. The van der Waals surface area contributed by atoms with Crippen LogP contribution in [0.5, 0.6) is 0 Å². The fourth-order valence-corrected chi connectivity index (χ4v) is 4.38. The number of hydrogen-bond acceptors (Lipinski definition) is 3. The highest BCUT2D eigenvalue weighted by Gasteiger charge is 2.26. The number of aromatic nitrogens is 1. The summed E-state index contributed by atoms with van der Waals surface area (Å²) in [7, 11) is 0. The van der Waals surface area contributed by atoms with Crippen LogP contribution in [-0.4, -0.2) is 42.0 Å². The Kier molecular flexibility index (Phi) is 5.71. The average Bonchev–Trinajstić information content (AvgIpc) is 2.75. The van der Waals surface area contributed by atoms with Gasteiger partial charge < -0.3 is 9.80 Å². The molecule has 4 nitrogen and oxygen atoms in total. The monoisotopic (exact) mass is 363 g/mol. The third-order valence-corrected chi connectivity index (χ3v) is 5.94. The fraction of sp³-hybridized carbons (Fsp3) is 0.478. The first-order chi connectivity index (χ1) is 13.3. The molecule has 2 fully saturated rings. The van der Waals surface area contributed by atoms with Crippen molar-refractivity contribution in [2.75, 3.05) is 31.1 Å². The lowest BCUT2D eigenvalue weighted by Gasteiger charge is -2.34. The Labute approximate surface area is 162 Å². The van der Waals surface area contributed by atoms with Gasteiger partial charge in [0.1, 0.15) is 5.82 Å². The molecule has 0 unspecified atom stereocenters. The van der Waals surface area contributed by atoms with Gasteiger partial charge >= 0.3 is 0 Å². The molecule has 4 rings (SSSR count). The summed E-state index contributed by atoms with van der Waals surface area (Å²) in [6.07, 6.45) is 8.75. The molecule has 0 bridgehead atoms.